The van der Waals surface area contributed by atoms with Crippen molar-refractivity contribution in [1.82, 2.24) is 19.7 Å². The van der Waals surface area contributed by atoms with Crippen LogP contribution in [0.4, 0.5) is 19.0 Å². The van der Waals surface area contributed by atoms with E-state index in [9.17, 15) is 32.8 Å². The molecule has 1 aromatic heterocycles. The third-order valence-electron chi connectivity index (χ3n) is 5.59. The number of rotatable bonds is 13. The number of halogens is 4. The normalized spacial score (nSPS) is 24.6. The lowest BCUT2D eigenvalue weighted by Gasteiger charge is -2.33. The van der Waals surface area contributed by atoms with Gasteiger partial charge >= 0.3 is 25.3 Å². The summed E-state index contributed by atoms with van der Waals surface area (Å²) in [6.07, 6.45) is -11.4. The summed E-state index contributed by atoms with van der Waals surface area (Å²) in [4.78, 5) is 40.3. The molecule has 5 N–H and O–H groups in total. The monoisotopic (exact) mass is 635 g/mol. The van der Waals surface area contributed by atoms with Crippen molar-refractivity contribution in [2.75, 3.05) is 12.3 Å². The van der Waals surface area contributed by atoms with Gasteiger partial charge in [0.2, 0.25) is 0 Å². The van der Waals surface area contributed by atoms with Gasteiger partial charge in [0.1, 0.15) is 24.0 Å². The molecule has 0 saturated carbocycles. The number of nitrogens with one attached hydrogen (secondary N) is 2. The first-order valence-electron chi connectivity index (χ1n) is 12.4. The molecule has 0 aromatic carbocycles. The highest BCUT2D eigenvalue weighted by atomic mass is 35.5. The zero-order valence-electron chi connectivity index (χ0n) is 23.0. The lowest BCUT2D eigenvalue weighted by Crippen LogP contribution is -2.52. The van der Waals surface area contributed by atoms with Gasteiger partial charge in [-0.3, -0.25) is 18.7 Å². The van der Waals surface area contributed by atoms with Crippen LogP contribution >= 0.6 is 19.3 Å². The van der Waals surface area contributed by atoms with Gasteiger partial charge in [0, 0.05) is 6.20 Å². The molecule has 1 fully saturated rings. The minimum absolute atomic E-state index is 0.316. The van der Waals surface area contributed by atoms with Crippen LogP contribution in [-0.2, 0) is 32.9 Å². The van der Waals surface area contributed by atoms with E-state index in [2.05, 4.69) is 15.2 Å². The number of alkyl halides is 3. The lowest BCUT2D eigenvalue weighted by molar-refractivity contribution is -0.183. The van der Waals surface area contributed by atoms with Crippen molar-refractivity contribution in [2.24, 2.45) is 0 Å². The Bertz CT molecular complexity index is 1180. The van der Waals surface area contributed by atoms with Crippen LogP contribution < -0.4 is 21.6 Å². The number of hydrogen-bond acceptors (Lipinski definition) is 11. The SMILES string of the molecule is CC(C)OC(=O)[C@H](C)NP(=O)(N[C@@H](C)C(=O)OC(C)C)OC[C@@]1(C(F)F)O[C@@H](n2cc(Cl)c(N)nc2=O)[C@H](O)[C@H]1F. The second-order valence-corrected chi connectivity index (χ2v) is 12.1. The fourth-order valence-corrected chi connectivity index (χ4v) is 5.58. The number of esters is 2. The van der Waals surface area contributed by atoms with Crippen LogP contribution in [0, 0.1) is 0 Å². The number of aromatic nitrogens is 2. The zero-order valence-corrected chi connectivity index (χ0v) is 24.7. The number of carbonyl (C=O) groups excluding carboxylic acids is 2. The highest BCUT2D eigenvalue weighted by molar-refractivity contribution is 7.54. The Hall–Kier alpha value is -2.27. The van der Waals surface area contributed by atoms with E-state index < -0.39 is 92.5 Å². The van der Waals surface area contributed by atoms with Crippen LogP contribution in [0.25, 0.3) is 0 Å². The number of anilines is 1. The molecule has 1 aliphatic rings. The van der Waals surface area contributed by atoms with Crippen LogP contribution in [0.2, 0.25) is 5.02 Å². The largest absolute Gasteiger partial charge is 0.462 e. The van der Waals surface area contributed by atoms with Gasteiger partial charge < -0.3 is 29.6 Å². The first kappa shape index (κ1) is 34.9. The van der Waals surface area contributed by atoms with Gasteiger partial charge in [-0.25, -0.2) is 28.1 Å². The lowest BCUT2D eigenvalue weighted by atomic mass is 9.98. The Balaban J connectivity index is 2.41. The summed E-state index contributed by atoms with van der Waals surface area (Å²) < 4.78 is 78.9. The Kier molecular flexibility index (Phi) is 11.8. The molecule has 14 nitrogen and oxygen atoms in total. The van der Waals surface area contributed by atoms with Crippen molar-refractivity contribution in [1.29, 1.82) is 0 Å². The van der Waals surface area contributed by atoms with Crippen molar-refractivity contribution in [3.63, 3.8) is 0 Å². The number of hydrogen-bond donors (Lipinski definition) is 4. The molecule has 0 radical (unpaired) electrons. The van der Waals surface area contributed by atoms with E-state index in [0.29, 0.717) is 4.57 Å². The summed E-state index contributed by atoms with van der Waals surface area (Å²) in [6.45, 7) is 7.12. The Labute approximate surface area is 238 Å². The van der Waals surface area contributed by atoms with Crippen LogP contribution in [0.3, 0.4) is 0 Å². The number of nitrogens with zero attached hydrogens (tertiary/aromatic N) is 2. The Morgan fingerprint density at radius 1 is 1.17 bits per heavy atom. The standard InChI is InChI=1S/C22H34ClF3N5O9P/c1-9(2)38-18(33)11(5)29-41(36,30-12(6)19(34)39-10(3)4)37-8-22(20(25)26)15(24)14(32)17(40-22)31-7-13(23)16(27)28-21(31)35/h7,9-12,14-15,17,20,32H,8H2,1-6H3,(H2,27,28,35)(H2,29,30,36)/t11-,12-,14+,15+,17+,22+/m0/s1. The van der Waals surface area contributed by atoms with Crippen LogP contribution in [0.15, 0.2) is 11.0 Å². The van der Waals surface area contributed by atoms with Crippen LogP contribution in [0.1, 0.15) is 47.8 Å². The van der Waals surface area contributed by atoms with Crippen LogP contribution in [-0.4, -0.2) is 81.8 Å². The molecule has 1 saturated heterocycles. The molecule has 2 heterocycles. The first-order valence-corrected chi connectivity index (χ1v) is 14.4. The van der Waals surface area contributed by atoms with Gasteiger partial charge in [-0.2, -0.15) is 4.98 Å². The fourth-order valence-electron chi connectivity index (χ4n) is 3.59. The molecule has 0 amide bonds. The smallest absolute Gasteiger partial charge is 0.351 e. The van der Waals surface area contributed by atoms with Crippen molar-refractivity contribution < 1.29 is 51.2 Å². The maximum absolute atomic E-state index is 15.4. The quantitative estimate of drug-likeness (QED) is 0.181. The average Bonchev–Trinajstić information content (AvgIpc) is 3.10. The molecule has 6 atom stereocenters. The van der Waals surface area contributed by atoms with E-state index in [0.717, 1.165) is 6.20 Å². The molecule has 41 heavy (non-hydrogen) atoms. The minimum Gasteiger partial charge on any atom is -0.462 e. The van der Waals surface area contributed by atoms with Gasteiger partial charge in [-0.15, -0.1) is 0 Å². The Morgan fingerprint density at radius 3 is 2.10 bits per heavy atom. The highest BCUT2D eigenvalue weighted by Gasteiger charge is 2.63. The number of nitrogen functional groups attached to an aromatic ring is 1. The van der Waals surface area contributed by atoms with Gasteiger partial charge in [-0.1, -0.05) is 11.6 Å². The highest BCUT2D eigenvalue weighted by Crippen LogP contribution is 2.47. The summed E-state index contributed by atoms with van der Waals surface area (Å²) in [5.41, 5.74) is 0.949. The molecule has 1 aromatic rings. The van der Waals surface area contributed by atoms with E-state index in [1.165, 1.54) is 13.8 Å². The predicted octanol–water partition coefficient (Wildman–Crippen LogP) is 1.69. The summed E-state index contributed by atoms with van der Waals surface area (Å²) in [6, 6.07) is -2.76. The van der Waals surface area contributed by atoms with E-state index in [1.807, 2.05) is 0 Å². The van der Waals surface area contributed by atoms with E-state index >= 15 is 4.39 Å². The Morgan fingerprint density at radius 2 is 1.66 bits per heavy atom. The number of ether oxygens (including phenoxy) is 3. The number of aliphatic hydroxyl groups is 1. The van der Waals surface area contributed by atoms with Gasteiger partial charge in [0.15, 0.2) is 18.0 Å². The number of aliphatic hydroxyl groups excluding tert-OH is 1. The zero-order chi connectivity index (χ0) is 31.4. The second-order valence-electron chi connectivity index (χ2n) is 9.82. The third-order valence-corrected chi connectivity index (χ3v) is 7.82. The second kappa shape index (κ2) is 13.8. The molecule has 234 valence electrons. The third kappa shape index (κ3) is 8.40. The van der Waals surface area contributed by atoms with Crippen molar-refractivity contribution in [3.05, 3.63) is 21.7 Å². The van der Waals surface area contributed by atoms with Gasteiger partial charge in [-0.05, 0) is 41.5 Å². The maximum atomic E-state index is 15.4. The number of carbonyl (C=O) groups is 2. The summed E-state index contributed by atoms with van der Waals surface area (Å²) in [7, 11) is -4.70. The van der Waals surface area contributed by atoms with Crippen molar-refractivity contribution >= 4 is 37.0 Å². The van der Waals surface area contributed by atoms with Crippen molar-refractivity contribution in [2.45, 2.75) is 96.4 Å². The van der Waals surface area contributed by atoms with Gasteiger partial charge in [0.25, 0.3) is 6.43 Å². The fraction of sp³-hybridized carbons (Fsp3) is 0.727. The molecule has 1 aliphatic heterocycles. The molecule has 0 aliphatic carbocycles. The van der Waals surface area contributed by atoms with Gasteiger partial charge in [0.05, 0.1) is 23.8 Å². The topological polar surface area (TPSA) is 193 Å². The molecular weight excluding hydrogens is 602 g/mol. The first-order chi connectivity index (χ1) is 18.8. The summed E-state index contributed by atoms with van der Waals surface area (Å²) in [5.74, 6) is -2.22. The summed E-state index contributed by atoms with van der Waals surface area (Å²) >= 11 is 5.83. The molecular formula is C22H34ClF3N5O9P. The molecule has 0 unspecified atom stereocenters. The molecule has 0 bridgehead atoms. The molecule has 0 spiro atoms. The van der Waals surface area contributed by atoms with E-state index in [-0.39, 0.29) is 5.02 Å². The van der Waals surface area contributed by atoms with E-state index in [1.54, 1.807) is 27.7 Å². The van der Waals surface area contributed by atoms with Crippen LogP contribution in [0.5, 0.6) is 0 Å². The maximum Gasteiger partial charge on any atom is 0.351 e. The average molecular weight is 636 g/mol. The number of nitrogens with two attached hydrogens (primary N) is 1. The minimum atomic E-state index is -4.70. The molecule has 19 heteroatoms. The van der Waals surface area contributed by atoms with E-state index in [4.69, 9.17) is 36.1 Å². The summed E-state index contributed by atoms with van der Waals surface area (Å²) in [5, 5.41) is 14.7. The molecule has 2 rings (SSSR count). The van der Waals surface area contributed by atoms with Crippen molar-refractivity contribution in [3.8, 4) is 0 Å². The predicted molar refractivity (Wildman–Crippen MR) is 139 cm³/mol.